The first-order chi connectivity index (χ1) is 16.4. The van der Waals surface area contributed by atoms with Crippen molar-refractivity contribution in [2.24, 2.45) is 0 Å². The number of nitrogens with zero attached hydrogens (tertiary/aromatic N) is 5. The van der Waals surface area contributed by atoms with E-state index in [-0.39, 0.29) is 12.2 Å². The molecule has 0 bridgehead atoms. The number of carbonyl (C=O) groups excluding carboxylic acids is 1. The Kier molecular flexibility index (Phi) is 5.90. The van der Waals surface area contributed by atoms with Crippen LogP contribution in [-0.2, 0) is 6.42 Å². The number of nitrogen functional groups attached to an aromatic ring is 1. The van der Waals surface area contributed by atoms with Crippen molar-refractivity contribution in [1.29, 1.82) is 0 Å². The molecule has 4 aromatic rings. The van der Waals surface area contributed by atoms with Crippen LogP contribution in [0.25, 0.3) is 22.0 Å². The van der Waals surface area contributed by atoms with Crippen LogP contribution in [0.1, 0.15) is 16.1 Å². The van der Waals surface area contributed by atoms with Crippen LogP contribution in [0, 0.1) is 5.82 Å². The summed E-state index contributed by atoms with van der Waals surface area (Å²) < 4.78 is 13.8. The van der Waals surface area contributed by atoms with E-state index < -0.39 is 5.82 Å². The first kappa shape index (κ1) is 21.9. The Morgan fingerprint density at radius 1 is 0.971 bits per heavy atom. The molecule has 8 heteroatoms. The van der Waals surface area contributed by atoms with Crippen LogP contribution >= 0.6 is 0 Å². The normalized spacial score (nSPS) is 14.5. The number of rotatable bonds is 5. The predicted octanol–water partition coefficient (Wildman–Crippen LogP) is 3.59. The van der Waals surface area contributed by atoms with Crippen LogP contribution in [0.5, 0.6) is 0 Å². The van der Waals surface area contributed by atoms with Gasteiger partial charge in [0.2, 0.25) is 0 Å². The Morgan fingerprint density at radius 2 is 1.79 bits per heavy atom. The molecule has 0 unspecified atom stereocenters. The number of likely N-dealkylation sites (N-methyl/N-ethyl adjacent to an activating group) is 1. The lowest BCUT2D eigenvalue weighted by molar-refractivity contribution is 0.0992. The molecule has 4 heterocycles. The third kappa shape index (κ3) is 4.72. The van der Waals surface area contributed by atoms with Crippen molar-refractivity contribution in [3.05, 3.63) is 78.1 Å². The number of carbonyl (C=O) groups is 1. The summed E-state index contributed by atoms with van der Waals surface area (Å²) in [6.07, 6.45) is 5.18. The van der Waals surface area contributed by atoms with Crippen molar-refractivity contribution in [3.8, 4) is 11.1 Å². The SMILES string of the molecule is CN1CCN(c2cc(C(=O)Cc3cc4cc(-c5cc(N)cc(F)c5)cnc4cn3)ccn2)CC1. The lowest BCUT2D eigenvalue weighted by Crippen LogP contribution is -2.44. The number of nitrogens with two attached hydrogens (primary N) is 1. The highest BCUT2D eigenvalue weighted by Crippen LogP contribution is 2.26. The zero-order valence-corrected chi connectivity index (χ0v) is 18.9. The molecule has 2 N–H and O–H groups in total. The Labute approximate surface area is 197 Å². The van der Waals surface area contributed by atoms with Crippen molar-refractivity contribution >= 4 is 28.2 Å². The van der Waals surface area contributed by atoms with Gasteiger partial charge >= 0.3 is 0 Å². The smallest absolute Gasteiger partial charge is 0.169 e. The molecule has 0 saturated carbocycles. The second-order valence-corrected chi connectivity index (χ2v) is 8.66. The quantitative estimate of drug-likeness (QED) is 0.363. The number of hydrogen-bond acceptors (Lipinski definition) is 7. The summed E-state index contributed by atoms with van der Waals surface area (Å²) in [6, 6.07) is 11.8. The molecule has 0 aliphatic carbocycles. The number of halogens is 1. The van der Waals surface area contributed by atoms with Gasteiger partial charge in [0.25, 0.3) is 0 Å². The highest BCUT2D eigenvalue weighted by Gasteiger charge is 2.17. The van der Waals surface area contributed by atoms with Crippen LogP contribution in [0.4, 0.5) is 15.9 Å². The van der Waals surface area contributed by atoms with Crippen molar-refractivity contribution in [2.75, 3.05) is 43.9 Å². The summed E-state index contributed by atoms with van der Waals surface area (Å²) in [7, 11) is 2.10. The molecule has 3 aromatic heterocycles. The van der Waals surface area contributed by atoms with Crippen molar-refractivity contribution in [2.45, 2.75) is 6.42 Å². The first-order valence-electron chi connectivity index (χ1n) is 11.2. The van der Waals surface area contributed by atoms with Gasteiger partial charge in [-0.25, -0.2) is 9.37 Å². The molecule has 5 rings (SSSR count). The van der Waals surface area contributed by atoms with Crippen molar-refractivity contribution in [3.63, 3.8) is 0 Å². The molecule has 1 aromatic carbocycles. The van der Waals surface area contributed by atoms with Crippen molar-refractivity contribution in [1.82, 2.24) is 19.9 Å². The molecule has 0 atom stereocenters. The maximum Gasteiger partial charge on any atom is 0.169 e. The second kappa shape index (κ2) is 9.15. The van der Waals surface area contributed by atoms with E-state index in [1.807, 2.05) is 18.2 Å². The molecule has 1 aliphatic rings. The van der Waals surface area contributed by atoms with E-state index >= 15 is 0 Å². The number of Topliss-reactive ketones (excluding diaryl/α,β-unsaturated/α-hetero) is 1. The minimum Gasteiger partial charge on any atom is -0.399 e. The number of pyridine rings is 3. The van der Waals surface area contributed by atoms with Gasteiger partial charge in [0.1, 0.15) is 11.6 Å². The fourth-order valence-corrected chi connectivity index (χ4v) is 4.18. The van der Waals surface area contributed by atoms with Crippen LogP contribution in [0.2, 0.25) is 0 Å². The summed E-state index contributed by atoms with van der Waals surface area (Å²) in [6.45, 7) is 3.72. The first-order valence-corrected chi connectivity index (χ1v) is 11.2. The van der Waals surface area contributed by atoms with Crippen LogP contribution in [0.3, 0.4) is 0 Å². The molecule has 0 radical (unpaired) electrons. The molecule has 0 spiro atoms. The maximum absolute atomic E-state index is 13.8. The van der Waals surface area contributed by atoms with Gasteiger partial charge in [-0.15, -0.1) is 0 Å². The minimum absolute atomic E-state index is 0.0216. The highest BCUT2D eigenvalue weighted by atomic mass is 19.1. The number of ketones is 1. The van der Waals surface area contributed by atoms with Gasteiger partial charge in [0.05, 0.1) is 18.1 Å². The van der Waals surface area contributed by atoms with Gasteiger partial charge in [-0.2, -0.15) is 0 Å². The van der Waals surface area contributed by atoms with Gasteiger partial charge in [-0.3, -0.25) is 14.8 Å². The minimum atomic E-state index is -0.399. The summed E-state index contributed by atoms with van der Waals surface area (Å²) >= 11 is 0. The Bertz CT molecular complexity index is 1350. The largest absolute Gasteiger partial charge is 0.399 e. The van der Waals surface area contributed by atoms with E-state index in [1.54, 1.807) is 30.7 Å². The fraction of sp³-hybridized carbons (Fsp3) is 0.231. The fourth-order valence-electron chi connectivity index (χ4n) is 4.18. The third-order valence-electron chi connectivity index (χ3n) is 6.11. The van der Waals surface area contributed by atoms with Gasteiger partial charge in [-0.1, -0.05) is 0 Å². The lowest BCUT2D eigenvalue weighted by atomic mass is 10.0. The van der Waals surface area contributed by atoms with Gasteiger partial charge in [0, 0.05) is 66.5 Å². The Morgan fingerprint density at radius 3 is 2.59 bits per heavy atom. The molecule has 7 nitrogen and oxygen atoms in total. The van der Waals surface area contributed by atoms with E-state index in [0.29, 0.717) is 28.0 Å². The van der Waals surface area contributed by atoms with Gasteiger partial charge in [0.15, 0.2) is 5.78 Å². The summed E-state index contributed by atoms with van der Waals surface area (Å²) in [5.41, 5.74) is 9.50. The Hall–Kier alpha value is -3.91. The van der Waals surface area contributed by atoms with Crippen molar-refractivity contribution < 1.29 is 9.18 Å². The zero-order valence-electron chi connectivity index (χ0n) is 18.9. The molecule has 1 saturated heterocycles. The number of hydrogen-bond donors (Lipinski definition) is 1. The molecule has 34 heavy (non-hydrogen) atoms. The second-order valence-electron chi connectivity index (χ2n) is 8.66. The average molecular weight is 457 g/mol. The molecule has 1 fully saturated rings. The predicted molar refractivity (Wildman–Crippen MR) is 131 cm³/mol. The highest BCUT2D eigenvalue weighted by molar-refractivity contribution is 5.98. The third-order valence-corrected chi connectivity index (χ3v) is 6.11. The number of anilines is 2. The monoisotopic (exact) mass is 456 g/mol. The molecular weight excluding hydrogens is 431 g/mol. The molecule has 1 aliphatic heterocycles. The van der Waals surface area contributed by atoms with E-state index in [9.17, 15) is 9.18 Å². The number of fused-ring (bicyclic) bond motifs is 1. The van der Waals surface area contributed by atoms with Crippen LogP contribution in [-0.4, -0.2) is 58.9 Å². The van der Waals surface area contributed by atoms with Crippen LogP contribution in [0.15, 0.2) is 61.1 Å². The topological polar surface area (TPSA) is 88.2 Å². The summed E-state index contributed by atoms with van der Waals surface area (Å²) in [5, 5.41) is 0.825. The molecule has 172 valence electrons. The van der Waals surface area contributed by atoms with E-state index in [4.69, 9.17) is 5.73 Å². The van der Waals surface area contributed by atoms with E-state index in [2.05, 4.69) is 31.8 Å². The van der Waals surface area contributed by atoms with Gasteiger partial charge in [-0.05, 0) is 55.1 Å². The maximum atomic E-state index is 13.8. The lowest BCUT2D eigenvalue weighted by Gasteiger charge is -2.33. The Balaban J connectivity index is 1.37. The average Bonchev–Trinajstić information content (AvgIpc) is 2.83. The standard InChI is InChI=1S/C26H25FN6O/c1-32-4-6-33(7-5-32)26-12-17(2-3-29-26)25(34)14-23-11-19-8-20(15-31-24(19)16-30-23)18-9-21(27)13-22(28)10-18/h2-3,8-13,15-16H,4-7,14,28H2,1H3. The summed E-state index contributed by atoms with van der Waals surface area (Å²) in [5.74, 6) is 0.407. The van der Waals surface area contributed by atoms with Gasteiger partial charge < -0.3 is 15.5 Å². The van der Waals surface area contributed by atoms with E-state index in [1.165, 1.54) is 12.1 Å². The zero-order chi connectivity index (χ0) is 23.7. The molecule has 0 amide bonds. The number of aromatic nitrogens is 3. The van der Waals surface area contributed by atoms with Crippen LogP contribution < -0.4 is 10.6 Å². The van der Waals surface area contributed by atoms with E-state index in [0.717, 1.165) is 42.9 Å². The number of piperazine rings is 1. The number of benzene rings is 1. The molecular formula is C26H25FN6O. The summed E-state index contributed by atoms with van der Waals surface area (Å²) in [4.78, 5) is 30.8.